The highest BCUT2D eigenvalue weighted by Crippen LogP contribution is 2.46. The van der Waals surface area contributed by atoms with Crippen LogP contribution in [0.3, 0.4) is 0 Å². The zero-order valence-electron chi connectivity index (χ0n) is 22.5. The monoisotopic (exact) mass is 524 g/mol. The molecule has 7 heteroatoms. The van der Waals surface area contributed by atoms with Gasteiger partial charge in [-0.3, -0.25) is 9.59 Å². The normalized spacial score (nSPS) is 18.7. The van der Waals surface area contributed by atoms with E-state index in [1.54, 1.807) is 33.5 Å². The van der Waals surface area contributed by atoms with Crippen LogP contribution in [0.25, 0.3) is 0 Å². The largest absolute Gasteiger partial charge is 0.495 e. The van der Waals surface area contributed by atoms with Crippen molar-refractivity contribution < 1.29 is 23.8 Å². The minimum absolute atomic E-state index is 0.0208. The molecule has 2 N–H and O–H groups in total. The highest BCUT2D eigenvalue weighted by atomic mass is 16.5. The van der Waals surface area contributed by atoms with Crippen molar-refractivity contribution in [3.8, 4) is 17.2 Å². The second-order valence-corrected chi connectivity index (χ2v) is 9.70. The fourth-order valence-electron chi connectivity index (χ4n) is 5.60. The number of dihydropyridines is 1. The van der Waals surface area contributed by atoms with Gasteiger partial charge in [0.05, 0.1) is 27.0 Å². The lowest BCUT2D eigenvalue weighted by Gasteiger charge is -2.37. The number of carbonyl (C=O) groups excluding carboxylic acids is 2. The number of para-hydroxylation sites is 2. The van der Waals surface area contributed by atoms with E-state index in [4.69, 9.17) is 14.2 Å². The predicted octanol–water partition coefficient (Wildman–Crippen LogP) is 5.71. The first-order valence-electron chi connectivity index (χ1n) is 12.9. The Morgan fingerprint density at radius 2 is 1.51 bits per heavy atom. The molecule has 0 aromatic heterocycles. The zero-order chi connectivity index (χ0) is 27.5. The van der Waals surface area contributed by atoms with Crippen LogP contribution < -0.4 is 24.8 Å². The van der Waals surface area contributed by atoms with Gasteiger partial charge in [-0.25, -0.2) is 0 Å². The average Bonchev–Trinajstić information content (AvgIpc) is 2.96. The van der Waals surface area contributed by atoms with Crippen LogP contribution in [0, 0.1) is 0 Å². The summed E-state index contributed by atoms with van der Waals surface area (Å²) in [6.07, 6.45) is 0.971. The summed E-state index contributed by atoms with van der Waals surface area (Å²) in [5, 5.41) is 6.44. The van der Waals surface area contributed by atoms with Crippen molar-refractivity contribution in [1.82, 2.24) is 5.32 Å². The lowest BCUT2D eigenvalue weighted by atomic mass is 9.71. The van der Waals surface area contributed by atoms with E-state index in [-0.39, 0.29) is 17.6 Å². The second kappa shape index (κ2) is 11.1. The van der Waals surface area contributed by atoms with Gasteiger partial charge in [-0.15, -0.1) is 0 Å². The number of allylic oxidation sites excluding steroid dienone is 3. The standard InChI is InChI=1S/C32H32N2O5/c1-19-29(32(36)34-23-12-8-9-13-26(23)37-2)30(20-10-6-5-7-11-20)31-24(33-19)16-22(17-25(31)35)21-14-15-27(38-3)28(18-21)39-4/h5-15,18,22,30,33H,16-17H2,1-4H3,(H,34,36). The van der Waals surface area contributed by atoms with Gasteiger partial charge in [0.1, 0.15) is 5.75 Å². The third kappa shape index (κ3) is 5.00. The van der Waals surface area contributed by atoms with E-state index in [9.17, 15) is 9.59 Å². The SMILES string of the molecule is COc1ccccc1NC(=O)C1=C(C)NC2=C(C(=O)CC(c3ccc(OC)c(OC)c3)C2)C1c1ccccc1. The minimum atomic E-state index is -0.490. The van der Waals surface area contributed by atoms with Gasteiger partial charge in [0.25, 0.3) is 5.91 Å². The molecule has 0 saturated carbocycles. The summed E-state index contributed by atoms with van der Waals surface area (Å²) in [4.78, 5) is 27.7. The number of carbonyl (C=O) groups is 2. The number of methoxy groups -OCH3 is 3. The van der Waals surface area contributed by atoms with Gasteiger partial charge in [0, 0.05) is 34.9 Å². The third-order valence-corrected chi connectivity index (χ3v) is 7.44. The van der Waals surface area contributed by atoms with Gasteiger partial charge in [0.15, 0.2) is 17.3 Å². The van der Waals surface area contributed by atoms with E-state index in [0.29, 0.717) is 46.9 Å². The van der Waals surface area contributed by atoms with Crippen LogP contribution in [0.2, 0.25) is 0 Å². The topological polar surface area (TPSA) is 85.9 Å². The summed E-state index contributed by atoms with van der Waals surface area (Å²) in [5.41, 5.74) is 5.21. The maximum Gasteiger partial charge on any atom is 0.254 e. The molecule has 5 rings (SSSR count). The van der Waals surface area contributed by atoms with Crippen molar-refractivity contribution in [2.24, 2.45) is 0 Å². The molecule has 0 bridgehead atoms. The zero-order valence-corrected chi connectivity index (χ0v) is 22.5. The molecule has 2 aliphatic rings. The van der Waals surface area contributed by atoms with Crippen molar-refractivity contribution >= 4 is 17.4 Å². The Hall–Kier alpha value is -4.52. The summed E-state index contributed by atoms with van der Waals surface area (Å²) >= 11 is 0. The van der Waals surface area contributed by atoms with Crippen molar-refractivity contribution in [2.75, 3.05) is 26.6 Å². The number of amides is 1. The molecule has 39 heavy (non-hydrogen) atoms. The number of hydrogen-bond donors (Lipinski definition) is 2. The maximum atomic E-state index is 13.9. The van der Waals surface area contributed by atoms with Crippen molar-refractivity contribution in [3.63, 3.8) is 0 Å². The van der Waals surface area contributed by atoms with Gasteiger partial charge >= 0.3 is 0 Å². The van der Waals surface area contributed by atoms with Crippen molar-refractivity contribution in [2.45, 2.75) is 31.6 Å². The summed E-state index contributed by atoms with van der Waals surface area (Å²) < 4.78 is 16.3. The van der Waals surface area contributed by atoms with E-state index in [0.717, 1.165) is 22.5 Å². The number of Topliss-reactive ketones (excluding diaryl/α,β-unsaturated/α-hetero) is 1. The van der Waals surface area contributed by atoms with Crippen LogP contribution in [0.15, 0.2) is 95.3 Å². The first-order valence-corrected chi connectivity index (χ1v) is 12.9. The molecule has 0 saturated heterocycles. The number of hydrogen-bond acceptors (Lipinski definition) is 6. The smallest absolute Gasteiger partial charge is 0.254 e. The first kappa shape index (κ1) is 26.1. The molecule has 3 aromatic rings. The number of ether oxygens (including phenoxy) is 3. The number of rotatable bonds is 7. The molecule has 1 amide bonds. The van der Waals surface area contributed by atoms with Gasteiger partial charge < -0.3 is 24.8 Å². The summed E-state index contributed by atoms with van der Waals surface area (Å²) in [7, 11) is 4.77. The average molecular weight is 525 g/mol. The molecule has 0 spiro atoms. The Morgan fingerprint density at radius 1 is 0.821 bits per heavy atom. The minimum Gasteiger partial charge on any atom is -0.495 e. The number of ketones is 1. The Labute approximate surface area is 228 Å². The third-order valence-electron chi connectivity index (χ3n) is 7.44. The van der Waals surface area contributed by atoms with Crippen LogP contribution in [0.4, 0.5) is 5.69 Å². The molecule has 1 aliphatic heterocycles. The summed E-state index contributed by atoms with van der Waals surface area (Å²) in [5.74, 6) is 1.07. The van der Waals surface area contributed by atoms with E-state index in [1.165, 1.54) is 0 Å². The molecule has 7 nitrogen and oxygen atoms in total. The van der Waals surface area contributed by atoms with Gasteiger partial charge in [-0.2, -0.15) is 0 Å². The van der Waals surface area contributed by atoms with Crippen molar-refractivity contribution in [1.29, 1.82) is 0 Å². The Balaban J connectivity index is 1.53. The fourth-order valence-corrected chi connectivity index (χ4v) is 5.60. The molecule has 1 aliphatic carbocycles. The molecular formula is C32H32N2O5. The van der Waals surface area contributed by atoms with Crippen LogP contribution in [-0.2, 0) is 9.59 Å². The second-order valence-electron chi connectivity index (χ2n) is 9.70. The number of nitrogens with one attached hydrogen (secondary N) is 2. The van der Waals surface area contributed by atoms with Gasteiger partial charge in [0.2, 0.25) is 0 Å². The van der Waals surface area contributed by atoms with Crippen LogP contribution in [0.1, 0.15) is 42.7 Å². The summed E-state index contributed by atoms with van der Waals surface area (Å²) in [6.45, 7) is 1.89. The quantitative estimate of drug-likeness (QED) is 0.412. The van der Waals surface area contributed by atoms with E-state index in [1.807, 2.05) is 67.6 Å². The van der Waals surface area contributed by atoms with E-state index in [2.05, 4.69) is 10.6 Å². The molecule has 0 radical (unpaired) electrons. The predicted molar refractivity (Wildman–Crippen MR) is 150 cm³/mol. The maximum absolute atomic E-state index is 13.9. The fraction of sp³-hybridized carbons (Fsp3) is 0.250. The van der Waals surface area contributed by atoms with Crippen LogP contribution >= 0.6 is 0 Å². The molecule has 2 unspecified atom stereocenters. The molecule has 2 atom stereocenters. The van der Waals surface area contributed by atoms with E-state index >= 15 is 0 Å². The molecule has 3 aromatic carbocycles. The Kier molecular flexibility index (Phi) is 7.41. The van der Waals surface area contributed by atoms with Crippen LogP contribution in [-0.4, -0.2) is 33.0 Å². The van der Waals surface area contributed by atoms with Gasteiger partial charge in [-0.1, -0.05) is 48.5 Å². The highest BCUT2D eigenvalue weighted by Gasteiger charge is 2.41. The molecular weight excluding hydrogens is 492 g/mol. The lowest BCUT2D eigenvalue weighted by molar-refractivity contribution is -0.116. The van der Waals surface area contributed by atoms with E-state index < -0.39 is 5.92 Å². The first-order chi connectivity index (χ1) is 18.9. The molecule has 0 fully saturated rings. The van der Waals surface area contributed by atoms with Gasteiger partial charge in [-0.05, 0) is 54.7 Å². The number of anilines is 1. The summed E-state index contributed by atoms with van der Waals surface area (Å²) in [6, 6.07) is 22.8. The molecule has 200 valence electrons. The number of benzene rings is 3. The van der Waals surface area contributed by atoms with Crippen LogP contribution in [0.5, 0.6) is 17.2 Å². The lowest BCUT2D eigenvalue weighted by Crippen LogP contribution is -2.37. The Bertz CT molecular complexity index is 1470. The highest BCUT2D eigenvalue weighted by molar-refractivity contribution is 6.10. The Morgan fingerprint density at radius 3 is 2.23 bits per heavy atom. The molecule has 1 heterocycles. The van der Waals surface area contributed by atoms with Crippen molar-refractivity contribution in [3.05, 3.63) is 106 Å².